The number of nitrogens with one attached hydrogen (secondary N) is 1. The second kappa shape index (κ2) is 10.7. The zero-order valence-corrected chi connectivity index (χ0v) is 19.8. The number of nitrogens with zero attached hydrogens (tertiary/aromatic N) is 3. The first kappa shape index (κ1) is 23.7. The lowest BCUT2D eigenvalue weighted by atomic mass is 10.2. The predicted octanol–water partition coefficient (Wildman–Crippen LogP) is 4.76. The van der Waals surface area contributed by atoms with Crippen molar-refractivity contribution in [2.75, 3.05) is 18.9 Å². The molecule has 4 aromatic rings. The summed E-state index contributed by atoms with van der Waals surface area (Å²) in [7, 11) is -1.08. The topological polar surface area (TPSA) is 113 Å². The molecule has 0 bridgehead atoms. The Bertz CT molecular complexity index is 1430. The van der Waals surface area contributed by atoms with Crippen molar-refractivity contribution >= 4 is 21.9 Å². The van der Waals surface area contributed by atoms with Crippen molar-refractivity contribution in [2.24, 2.45) is 0 Å². The van der Waals surface area contributed by atoms with Crippen LogP contribution in [0.3, 0.4) is 0 Å². The Labute approximate surface area is 203 Å². The van der Waals surface area contributed by atoms with E-state index in [0.717, 1.165) is 11.0 Å². The molecule has 2 heterocycles. The van der Waals surface area contributed by atoms with E-state index in [4.69, 9.17) is 14.2 Å². The van der Waals surface area contributed by atoms with Crippen LogP contribution in [0.1, 0.15) is 5.56 Å². The summed E-state index contributed by atoms with van der Waals surface area (Å²) in [5, 5.41) is 1.05. The van der Waals surface area contributed by atoms with Crippen LogP contribution in [0.4, 0.5) is 5.82 Å². The number of rotatable bonds is 9. The minimum absolute atomic E-state index is 0.0218. The van der Waals surface area contributed by atoms with Crippen molar-refractivity contribution < 1.29 is 22.6 Å². The third-order valence-electron chi connectivity index (χ3n) is 4.73. The quantitative estimate of drug-likeness (QED) is 0.357. The number of ether oxygens (including phenoxy) is 3. The van der Waals surface area contributed by atoms with Crippen LogP contribution < -0.4 is 18.9 Å². The highest BCUT2D eigenvalue weighted by Crippen LogP contribution is 2.41. The van der Waals surface area contributed by atoms with E-state index in [2.05, 4.69) is 19.7 Å². The van der Waals surface area contributed by atoms with E-state index >= 15 is 0 Å². The van der Waals surface area contributed by atoms with Gasteiger partial charge in [0.15, 0.2) is 23.1 Å². The number of benzene rings is 2. The van der Waals surface area contributed by atoms with E-state index in [1.165, 1.54) is 20.3 Å². The zero-order valence-electron chi connectivity index (χ0n) is 19.0. The van der Waals surface area contributed by atoms with Crippen LogP contribution in [0.5, 0.6) is 23.1 Å². The highest BCUT2D eigenvalue weighted by atomic mass is 32.2. The molecule has 0 aliphatic rings. The predicted molar refractivity (Wildman–Crippen MR) is 133 cm³/mol. The van der Waals surface area contributed by atoms with Gasteiger partial charge in [-0.15, -0.1) is 0 Å². The van der Waals surface area contributed by atoms with Gasteiger partial charge in [0.1, 0.15) is 0 Å². The van der Waals surface area contributed by atoms with Crippen molar-refractivity contribution in [3.63, 3.8) is 0 Å². The van der Waals surface area contributed by atoms with Gasteiger partial charge < -0.3 is 14.2 Å². The summed E-state index contributed by atoms with van der Waals surface area (Å²) < 4.78 is 45.2. The fraction of sp³-hybridized carbons (Fsp3) is 0.0800. The number of anilines is 1. The second-order valence-electron chi connectivity index (χ2n) is 7.08. The van der Waals surface area contributed by atoms with Gasteiger partial charge in [0.05, 0.1) is 19.6 Å². The highest BCUT2D eigenvalue weighted by molar-refractivity contribution is 7.95. The van der Waals surface area contributed by atoms with Crippen molar-refractivity contribution in [2.45, 2.75) is 0 Å². The smallest absolute Gasteiger partial charge is 0.263 e. The molecule has 0 saturated carbocycles. The average molecular weight is 491 g/mol. The van der Waals surface area contributed by atoms with E-state index in [-0.39, 0.29) is 23.3 Å². The van der Waals surface area contributed by atoms with Gasteiger partial charge in [-0.1, -0.05) is 42.5 Å². The molecule has 0 fully saturated rings. The Kier molecular flexibility index (Phi) is 7.22. The van der Waals surface area contributed by atoms with Crippen LogP contribution in [0.2, 0.25) is 0 Å². The molecule has 0 atom stereocenters. The molecular formula is C25H22N4O5S. The third-order valence-corrected chi connectivity index (χ3v) is 5.70. The molecule has 9 nitrogen and oxygen atoms in total. The molecule has 0 unspecified atom stereocenters. The number of pyridine rings is 1. The van der Waals surface area contributed by atoms with Crippen LogP contribution >= 0.6 is 0 Å². The van der Waals surface area contributed by atoms with E-state index in [9.17, 15) is 8.42 Å². The van der Waals surface area contributed by atoms with E-state index in [1.807, 2.05) is 18.2 Å². The summed E-state index contributed by atoms with van der Waals surface area (Å²) in [4.78, 5) is 12.8. The molecule has 10 heteroatoms. The van der Waals surface area contributed by atoms with Gasteiger partial charge in [0.2, 0.25) is 5.75 Å². The van der Waals surface area contributed by atoms with Crippen molar-refractivity contribution in [3.05, 3.63) is 90.1 Å². The van der Waals surface area contributed by atoms with E-state index in [0.29, 0.717) is 17.1 Å². The lowest BCUT2D eigenvalue weighted by molar-refractivity contribution is 0.348. The second-order valence-corrected chi connectivity index (χ2v) is 8.65. The van der Waals surface area contributed by atoms with Gasteiger partial charge in [-0.05, 0) is 35.9 Å². The van der Waals surface area contributed by atoms with E-state index in [1.54, 1.807) is 60.9 Å². The summed E-state index contributed by atoms with van der Waals surface area (Å²) in [6.07, 6.45) is 4.64. The molecule has 0 radical (unpaired) electrons. The molecule has 0 amide bonds. The minimum Gasteiger partial charge on any atom is -0.493 e. The Balaban J connectivity index is 1.79. The number of para-hydroxylation sites is 2. The molecule has 0 aliphatic heterocycles. The highest BCUT2D eigenvalue weighted by Gasteiger charge is 2.23. The number of hydrogen-bond acceptors (Lipinski definition) is 8. The van der Waals surface area contributed by atoms with Gasteiger partial charge in [0, 0.05) is 18.0 Å². The Morgan fingerprint density at radius 3 is 2.20 bits per heavy atom. The molecule has 35 heavy (non-hydrogen) atoms. The number of sulfonamides is 1. The molecule has 0 saturated heterocycles. The zero-order chi connectivity index (χ0) is 24.7. The molecular weight excluding hydrogens is 468 g/mol. The molecule has 0 spiro atoms. The van der Waals surface area contributed by atoms with Crippen molar-refractivity contribution in [1.82, 2.24) is 15.0 Å². The SMILES string of the molecule is COc1ccccc1Oc1c(NS(=O)(=O)C=Cc2ccccc2)nc(-c2ccncc2)nc1OC. The first-order valence-corrected chi connectivity index (χ1v) is 12.0. The van der Waals surface area contributed by atoms with E-state index < -0.39 is 10.0 Å². The van der Waals surface area contributed by atoms with Crippen LogP contribution in [0, 0.1) is 0 Å². The maximum absolute atomic E-state index is 13.0. The van der Waals surface area contributed by atoms with Crippen molar-refractivity contribution in [1.29, 1.82) is 0 Å². The minimum atomic E-state index is -3.99. The van der Waals surface area contributed by atoms with Gasteiger partial charge >= 0.3 is 0 Å². The summed E-state index contributed by atoms with van der Waals surface area (Å²) in [6.45, 7) is 0. The first-order valence-electron chi connectivity index (χ1n) is 10.4. The lowest BCUT2D eigenvalue weighted by Crippen LogP contribution is -2.13. The summed E-state index contributed by atoms with van der Waals surface area (Å²) in [5.74, 6) is 0.891. The monoisotopic (exact) mass is 490 g/mol. The normalized spacial score (nSPS) is 11.3. The number of methoxy groups -OCH3 is 2. The van der Waals surface area contributed by atoms with Crippen LogP contribution in [-0.2, 0) is 10.0 Å². The standard InChI is InChI=1S/C25H22N4O5S/c1-32-20-10-6-7-11-21(20)34-22-24(29-35(30,31)17-14-18-8-4-3-5-9-18)27-23(28-25(22)33-2)19-12-15-26-16-13-19/h3-17H,1-2H3,(H,27,28,29). The third kappa shape index (κ3) is 5.92. The summed E-state index contributed by atoms with van der Waals surface area (Å²) in [6, 6.07) is 19.4. The molecule has 0 aliphatic carbocycles. The van der Waals surface area contributed by atoms with Crippen molar-refractivity contribution in [3.8, 4) is 34.5 Å². The fourth-order valence-corrected chi connectivity index (χ4v) is 3.89. The molecule has 4 rings (SSSR count). The molecule has 2 aromatic carbocycles. The maximum atomic E-state index is 13.0. The van der Waals surface area contributed by atoms with Crippen LogP contribution in [0.25, 0.3) is 17.5 Å². The lowest BCUT2D eigenvalue weighted by Gasteiger charge is -2.16. The molecule has 178 valence electrons. The fourth-order valence-electron chi connectivity index (χ4n) is 3.07. The van der Waals surface area contributed by atoms with Gasteiger partial charge in [-0.3, -0.25) is 9.71 Å². The van der Waals surface area contributed by atoms with Gasteiger partial charge in [-0.2, -0.15) is 4.98 Å². The Morgan fingerprint density at radius 2 is 1.51 bits per heavy atom. The van der Waals surface area contributed by atoms with Crippen LogP contribution in [-0.4, -0.2) is 37.6 Å². The van der Waals surface area contributed by atoms with Gasteiger partial charge in [-0.25, -0.2) is 13.4 Å². The average Bonchev–Trinajstić information content (AvgIpc) is 2.89. The maximum Gasteiger partial charge on any atom is 0.263 e. The first-order chi connectivity index (χ1) is 17.0. The number of hydrogen-bond donors (Lipinski definition) is 1. The van der Waals surface area contributed by atoms with Crippen LogP contribution in [0.15, 0.2) is 84.5 Å². The molecule has 1 N–H and O–H groups in total. The summed E-state index contributed by atoms with van der Waals surface area (Å²) >= 11 is 0. The number of aromatic nitrogens is 3. The van der Waals surface area contributed by atoms with Gasteiger partial charge in [0.25, 0.3) is 15.9 Å². The molecule has 2 aromatic heterocycles. The Morgan fingerprint density at radius 1 is 0.829 bits per heavy atom. The summed E-state index contributed by atoms with van der Waals surface area (Å²) in [5.41, 5.74) is 1.34. The largest absolute Gasteiger partial charge is 0.493 e. The Hall–Kier alpha value is -4.44.